The van der Waals surface area contributed by atoms with Crippen LogP contribution in [0.25, 0.3) is 4.96 Å². The monoisotopic (exact) mass is 289 g/mol. The van der Waals surface area contributed by atoms with Crippen LogP contribution in [0.15, 0.2) is 0 Å². The number of rotatable bonds is 5. The van der Waals surface area contributed by atoms with Crippen LogP contribution >= 0.6 is 18.9 Å². The maximum absolute atomic E-state index is 12.7. The van der Waals surface area contributed by atoms with Gasteiger partial charge in [-0.25, -0.2) is 9.50 Å². The van der Waals surface area contributed by atoms with Crippen LogP contribution in [-0.2, 0) is 13.6 Å². The van der Waals surface area contributed by atoms with Gasteiger partial charge in [0, 0.05) is 0 Å². The zero-order valence-electron chi connectivity index (χ0n) is 10.8. The van der Waals surface area contributed by atoms with Crippen LogP contribution < -0.4 is 4.62 Å². The molecule has 0 aliphatic heterocycles. The molecule has 0 fully saturated rings. The first-order valence-corrected chi connectivity index (χ1v) is 8.10. The van der Waals surface area contributed by atoms with Crippen LogP contribution in [-0.4, -0.2) is 27.8 Å². The van der Waals surface area contributed by atoms with Gasteiger partial charge in [-0.3, -0.25) is 4.57 Å². The van der Waals surface area contributed by atoms with Crippen molar-refractivity contribution in [1.82, 2.24) is 14.6 Å². The molecule has 0 atom stereocenters. The molecular formula is C10H16N3O3PS. The van der Waals surface area contributed by atoms with E-state index in [2.05, 4.69) is 10.1 Å². The predicted octanol–water partition coefficient (Wildman–Crippen LogP) is 2.30. The summed E-state index contributed by atoms with van der Waals surface area (Å²) in [6, 6.07) is 0. The molecule has 8 heteroatoms. The Morgan fingerprint density at radius 1 is 1.28 bits per heavy atom. The molecule has 0 bridgehead atoms. The minimum Gasteiger partial charge on any atom is -0.305 e. The topological polar surface area (TPSA) is 65.7 Å². The highest BCUT2D eigenvalue weighted by Crippen LogP contribution is 2.49. The molecular weight excluding hydrogens is 273 g/mol. The Bertz CT molecular complexity index is 597. The van der Waals surface area contributed by atoms with Gasteiger partial charge in [-0.1, -0.05) is 11.3 Å². The van der Waals surface area contributed by atoms with Gasteiger partial charge in [0.05, 0.1) is 18.9 Å². The second-order valence-corrected chi connectivity index (χ2v) is 6.92. The van der Waals surface area contributed by atoms with E-state index < -0.39 is 7.60 Å². The third-order valence-electron chi connectivity index (χ3n) is 2.35. The normalized spacial score (nSPS) is 12.4. The van der Waals surface area contributed by atoms with Crippen molar-refractivity contribution in [1.29, 1.82) is 0 Å². The molecule has 0 unspecified atom stereocenters. The van der Waals surface area contributed by atoms with Gasteiger partial charge in [0.2, 0.25) is 4.96 Å². The molecule has 6 nitrogen and oxygen atoms in total. The predicted molar refractivity (Wildman–Crippen MR) is 70.8 cm³/mol. The van der Waals surface area contributed by atoms with Gasteiger partial charge in [0.25, 0.3) is 0 Å². The molecule has 0 saturated heterocycles. The average molecular weight is 289 g/mol. The van der Waals surface area contributed by atoms with Crippen LogP contribution in [0.5, 0.6) is 0 Å². The molecule has 0 amide bonds. The number of nitrogens with zero attached hydrogens (tertiary/aromatic N) is 3. The minimum absolute atomic E-state index is 0.337. The van der Waals surface area contributed by atoms with Crippen molar-refractivity contribution in [3.05, 3.63) is 11.5 Å². The van der Waals surface area contributed by atoms with Gasteiger partial charge in [0.15, 0.2) is 0 Å². The molecule has 0 saturated carbocycles. The summed E-state index contributed by atoms with van der Waals surface area (Å²) in [5.74, 6) is 0.693. The fraction of sp³-hybridized carbons (Fsp3) is 0.600. The van der Waals surface area contributed by atoms with E-state index in [9.17, 15) is 4.57 Å². The molecule has 0 spiro atoms. The third kappa shape index (κ3) is 2.23. The van der Waals surface area contributed by atoms with Crippen LogP contribution in [0.3, 0.4) is 0 Å². The number of aryl methyl sites for hydroxylation is 2. The summed E-state index contributed by atoms with van der Waals surface area (Å²) in [4.78, 5) is 4.97. The van der Waals surface area contributed by atoms with Crippen molar-refractivity contribution in [2.24, 2.45) is 0 Å². The second kappa shape index (κ2) is 5.09. The summed E-state index contributed by atoms with van der Waals surface area (Å²) < 4.78 is 25.6. The fourth-order valence-corrected chi connectivity index (χ4v) is 5.02. The Kier molecular flexibility index (Phi) is 3.87. The molecule has 2 heterocycles. The van der Waals surface area contributed by atoms with Gasteiger partial charge >= 0.3 is 7.60 Å². The van der Waals surface area contributed by atoms with Crippen molar-refractivity contribution in [2.75, 3.05) is 13.2 Å². The number of fused-ring (bicyclic) bond motifs is 1. The molecule has 0 aliphatic carbocycles. The van der Waals surface area contributed by atoms with Crippen molar-refractivity contribution in [3.63, 3.8) is 0 Å². The van der Waals surface area contributed by atoms with E-state index in [1.54, 1.807) is 18.4 Å². The summed E-state index contributed by atoms with van der Waals surface area (Å²) >= 11 is 1.31. The Morgan fingerprint density at radius 3 is 2.39 bits per heavy atom. The minimum atomic E-state index is -3.25. The quantitative estimate of drug-likeness (QED) is 0.790. The fourth-order valence-electron chi connectivity index (χ4n) is 1.68. The van der Waals surface area contributed by atoms with Crippen molar-refractivity contribution >= 4 is 28.5 Å². The summed E-state index contributed by atoms with van der Waals surface area (Å²) in [6.07, 6.45) is 0. The Balaban J connectivity index is 2.54. The summed E-state index contributed by atoms with van der Waals surface area (Å²) in [7, 11) is -3.25. The van der Waals surface area contributed by atoms with Crippen LogP contribution in [0.2, 0.25) is 0 Å². The van der Waals surface area contributed by atoms with E-state index >= 15 is 0 Å². The second-order valence-electron chi connectivity index (χ2n) is 3.68. The van der Waals surface area contributed by atoms with Crippen molar-refractivity contribution in [3.8, 4) is 0 Å². The summed E-state index contributed by atoms with van der Waals surface area (Å²) in [5, 5.41) is 4.25. The molecule has 100 valence electrons. The first kappa shape index (κ1) is 13.7. The first-order chi connectivity index (χ1) is 8.51. The number of thiazole rings is 1. The molecule has 0 aliphatic rings. The van der Waals surface area contributed by atoms with E-state index in [0.29, 0.717) is 28.6 Å². The summed E-state index contributed by atoms with van der Waals surface area (Å²) in [5.41, 5.74) is 0.765. The lowest BCUT2D eigenvalue weighted by atomic mass is 10.6. The highest BCUT2D eigenvalue weighted by molar-refractivity contribution is 7.69. The lowest BCUT2D eigenvalue weighted by Gasteiger charge is -2.15. The number of hydrogen-bond donors (Lipinski definition) is 0. The van der Waals surface area contributed by atoms with Gasteiger partial charge in [-0.05, 0) is 27.7 Å². The lowest BCUT2D eigenvalue weighted by molar-refractivity contribution is 0.230. The lowest BCUT2D eigenvalue weighted by Crippen LogP contribution is -2.11. The van der Waals surface area contributed by atoms with Gasteiger partial charge < -0.3 is 9.05 Å². The number of aromatic nitrogens is 3. The van der Waals surface area contributed by atoms with Gasteiger partial charge in [-0.2, -0.15) is 5.10 Å². The summed E-state index contributed by atoms with van der Waals surface area (Å²) in [6.45, 7) is 7.93. The molecule has 2 rings (SSSR count). The standard InChI is InChI=1S/C10H16N3O3PS/c1-5-15-17(14,16-6-2)9-7(3)13-10(18-9)11-8(4)12-13/h5-6H2,1-4H3. The molecule has 2 aromatic heterocycles. The van der Waals surface area contributed by atoms with Gasteiger partial charge in [0.1, 0.15) is 10.4 Å². The molecule has 0 radical (unpaired) electrons. The van der Waals surface area contributed by atoms with Crippen LogP contribution in [0.4, 0.5) is 0 Å². The van der Waals surface area contributed by atoms with E-state index in [-0.39, 0.29) is 0 Å². The molecule has 0 aromatic carbocycles. The van der Waals surface area contributed by atoms with Crippen LogP contribution in [0, 0.1) is 13.8 Å². The van der Waals surface area contributed by atoms with Crippen LogP contribution in [0.1, 0.15) is 25.4 Å². The Hall–Kier alpha value is -0.750. The third-order valence-corrected chi connectivity index (χ3v) is 6.24. The average Bonchev–Trinajstić information content (AvgIpc) is 2.79. The van der Waals surface area contributed by atoms with E-state index in [1.165, 1.54) is 11.3 Å². The smallest absolute Gasteiger partial charge is 0.305 e. The Labute approximate surface area is 109 Å². The highest BCUT2D eigenvalue weighted by atomic mass is 32.1. The largest absolute Gasteiger partial charge is 0.373 e. The van der Waals surface area contributed by atoms with E-state index in [0.717, 1.165) is 5.69 Å². The number of hydrogen-bond acceptors (Lipinski definition) is 6. The zero-order chi connectivity index (χ0) is 13.3. The zero-order valence-corrected chi connectivity index (χ0v) is 12.5. The maximum atomic E-state index is 12.7. The van der Waals surface area contributed by atoms with Crippen molar-refractivity contribution < 1.29 is 13.6 Å². The molecule has 0 N–H and O–H groups in total. The molecule has 18 heavy (non-hydrogen) atoms. The maximum Gasteiger partial charge on any atom is 0.373 e. The van der Waals surface area contributed by atoms with Gasteiger partial charge in [-0.15, -0.1) is 0 Å². The SMILES string of the molecule is CCOP(=O)(OCC)c1sc2nc(C)nn2c1C. The first-order valence-electron chi connectivity index (χ1n) is 5.74. The van der Waals surface area contributed by atoms with E-state index in [4.69, 9.17) is 9.05 Å². The van der Waals surface area contributed by atoms with Crippen molar-refractivity contribution in [2.45, 2.75) is 27.7 Å². The Morgan fingerprint density at radius 2 is 1.89 bits per heavy atom. The van der Waals surface area contributed by atoms with E-state index in [1.807, 2.05) is 13.8 Å². The molecule has 2 aromatic rings. The highest BCUT2D eigenvalue weighted by Gasteiger charge is 2.33.